The molecule has 0 aliphatic rings. The van der Waals surface area contributed by atoms with Crippen LogP contribution in [0.15, 0.2) is 82.1 Å². The molecule has 0 radical (unpaired) electrons. The maximum atomic E-state index is 12.7. The fraction of sp³-hybridized carbons (Fsp3) is 0.0909. The third kappa shape index (κ3) is 4.32. The van der Waals surface area contributed by atoms with Gasteiger partial charge in [-0.3, -0.25) is 4.79 Å². The molecule has 0 aliphatic heterocycles. The van der Waals surface area contributed by atoms with Gasteiger partial charge in [0.15, 0.2) is 0 Å². The molecule has 4 nitrogen and oxygen atoms in total. The van der Waals surface area contributed by atoms with Crippen LogP contribution >= 0.6 is 22.9 Å². The standard InChI is InChI=1S/C22H17ClN2O2S/c23-18-8-6-15(7-9-18)21(17-10-11-28-14-17)25-20(26)12-19-13-27-22(24-19)16-4-2-1-3-5-16/h1-11,13-14,21H,12H2,(H,25,26). The van der Waals surface area contributed by atoms with Gasteiger partial charge < -0.3 is 9.73 Å². The Morgan fingerprint density at radius 2 is 1.86 bits per heavy atom. The monoisotopic (exact) mass is 408 g/mol. The zero-order valence-corrected chi connectivity index (χ0v) is 16.4. The molecule has 6 heteroatoms. The van der Waals surface area contributed by atoms with E-state index in [4.69, 9.17) is 16.0 Å². The Kier molecular flexibility index (Phi) is 5.55. The van der Waals surface area contributed by atoms with Crippen molar-refractivity contribution in [1.82, 2.24) is 10.3 Å². The molecule has 0 saturated heterocycles. The van der Waals surface area contributed by atoms with Crippen molar-refractivity contribution in [3.05, 3.63) is 99.5 Å². The predicted molar refractivity (Wildman–Crippen MR) is 111 cm³/mol. The topological polar surface area (TPSA) is 55.1 Å². The van der Waals surface area contributed by atoms with Crippen LogP contribution in [0.1, 0.15) is 22.9 Å². The quantitative estimate of drug-likeness (QED) is 0.458. The molecular weight excluding hydrogens is 392 g/mol. The van der Waals surface area contributed by atoms with Crippen molar-refractivity contribution in [2.45, 2.75) is 12.5 Å². The molecule has 0 aliphatic carbocycles. The Morgan fingerprint density at radius 1 is 1.07 bits per heavy atom. The van der Waals surface area contributed by atoms with E-state index in [1.807, 2.05) is 71.4 Å². The molecule has 4 rings (SSSR count). The van der Waals surface area contributed by atoms with Crippen LogP contribution < -0.4 is 5.32 Å². The van der Waals surface area contributed by atoms with Crippen molar-refractivity contribution in [3.63, 3.8) is 0 Å². The zero-order valence-electron chi connectivity index (χ0n) is 14.8. The summed E-state index contributed by atoms with van der Waals surface area (Å²) in [6.45, 7) is 0. The first kappa shape index (κ1) is 18.5. The predicted octanol–water partition coefficient (Wildman–Crippen LogP) is 5.50. The van der Waals surface area contributed by atoms with Crippen molar-refractivity contribution >= 4 is 28.8 Å². The number of hydrogen-bond donors (Lipinski definition) is 1. The number of oxazole rings is 1. The van der Waals surface area contributed by atoms with Gasteiger partial charge in [-0.1, -0.05) is 41.9 Å². The molecular formula is C22H17ClN2O2S. The number of thiophene rings is 1. The van der Waals surface area contributed by atoms with Crippen molar-refractivity contribution < 1.29 is 9.21 Å². The number of benzene rings is 2. The van der Waals surface area contributed by atoms with Gasteiger partial charge in [-0.25, -0.2) is 4.98 Å². The third-order valence-corrected chi connectivity index (χ3v) is 5.25. The average molecular weight is 409 g/mol. The minimum Gasteiger partial charge on any atom is -0.444 e. The number of hydrogen-bond acceptors (Lipinski definition) is 4. The maximum Gasteiger partial charge on any atom is 0.226 e. The molecule has 28 heavy (non-hydrogen) atoms. The average Bonchev–Trinajstić information content (AvgIpc) is 3.40. The molecule has 140 valence electrons. The number of nitrogens with zero attached hydrogens (tertiary/aromatic N) is 1. The first-order valence-electron chi connectivity index (χ1n) is 8.76. The van der Waals surface area contributed by atoms with Gasteiger partial charge in [0.2, 0.25) is 11.8 Å². The third-order valence-electron chi connectivity index (χ3n) is 4.30. The fourth-order valence-corrected chi connectivity index (χ4v) is 3.74. The molecule has 1 amide bonds. The Balaban J connectivity index is 1.49. The van der Waals surface area contributed by atoms with Gasteiger partial charge in [0, 0.05) is 10.6 Å². The van der Waals surface area contributed by atoms with Crippen LogP contribution in [-0.2, 0) is 11.2 Å². The summed E-state index contributed by atoms with van der Waals surface area (Å²) in [5.41, 5.74) is 3.48. The van der Waals surface area contributed by atoms with Crippen LogP contribution in [0, 0.1) is 0 Å². The lowest BCUT2D eigenvalue weighted by Crippen LogP contribution is -2.30. The van der Waals surface area contributed by atoms with Gasteiger partial charge in [-0.05, 0) is 52.2 Å². The summed E-state index contributed by atoms with van der Waals surface area (Å²) in [4.78, 5) is 17.1. The smallest absolute Gasteiger partial charge is 0.226 e. The normalized spacial score (nSPS) is 11.9. The van der Waals surface area contributed by atoms with Crippen molar-refractivity contribution in [2.75, 3.05) is 0 Å². The summed E-state index contributed by atoms with van der Waals surface area (Å²) in [6, 6.07) is 18.9. The molecule has 0 bridgehead atoms. The Bertz CT molecular complexity index is 1040. The number of halogens is 1. The van der Waals surface area contributed by atoms with Crippen LogP contribution in [0.25, 0.3) is 11.5 Å². The maximum absolute atomic E-state index is 12.7. The largest absolute Gasteiger partial charge is 0.444 e. The second-order valence-corrected chi connectivity index (χ2v) is 7.51. The highest BCUT2D eigenvalue weighted by atomic mass is 35.5. The van der Waals surface area contributed by atoms with Gasteiger partial charge in [0.25, 0.3) is 0 Å². The molecule has 2 aromatic heterocycles. The highest BCUT2D eigenvalue weighted by Crippen LogP contribution is 2.26. The molecule has 2 aromatic carbocycles. The van der Waals surface area contributed by atoms with Gasteiger partial charge in [-0.2, -0.15) is 11.3 Å². The fourth-order valence-electron chi connectivity index (χ4n) is 2.93. The van der Waals surface area contributed by atoms with E-state index in [0.717, 1.165) is 16.7 Å². The second kappa shape index (κ2) is 8.42. The second-order valence-electron chi connectivity index (χ2n) is 6.30. The van der Waals surface area contributed by atoms with Crippen LogP contribution in [-0.4, -0.2) is 10.9 Å². The van der Waals surface area contributed by atoms with E-state index in [9.17, 15) is 4.79 Å². The molecule has 0 saturated carbocycles. The van der Waals surface area contributed by atoms with E-state index < -0.39 is 0 Å². The zero-order chi connectivity index (χ0) is 19.3. The van der Waals surface area contributed by atoms with E-state index in [0.29, 0.717) is 16.6 Å². The van der Waals surface area contributed by atoms with Crippen molar-refractivity contribution in [2.24, 2.45) is 0 Å². The first-order valence-corrected chi connectivity index (χ1v) is 10.1. The summed E-state index contributed by atoms with van der Waals surface area (Å²) in [5.74, 6) is 0.384. The van der Waals surface area contributed by atoms with Gasteiger partial charge >= 0.3 is 0 Å². The molecule has 1 atom stereocenters. The molecule has 0 spiro atoms. The number of aromatic nitrogens is 1. The molecule has 0 fully saturated rings. The van der Waals surface area contributed by atoms with E-state index in [1.165, 1.54) is 6.26 Å². The number of amides is 1. The summed E-state index contributed by atoms with van der Waals surface area (Å²) in [5, 5.41) is 7.78. The van der Waals surface area contributed by atoms with Crippen LogP contribution in [0.2, 0.25) is 5.02 Å². The summed E-state index contributed by atoms with van der Waals surface area (Å²) < 4.78 is 5.52. The van der Waals surface area contributed by atoms with Crippen molar-refractivity contribution in [1.29, 1.82) is 0 Å². The summed E-state index contributed by atoms with van der Waals surface area (Å²) in [7, 11) is 0. The Hall–Kier alpha value is -2.89. The molecule has 4 aromatic rings. The van der Waals surface area contributed by atoms with Gasteiger partial charge in [0.05, 0.1) is 18.2 Å². The van der Waals surface area contributed by atoms with E-state index in [-0.39, 0.29) is 18.4 Å². The molecule has 1 N–H and O–H groups in total. The van der Waals surface area contributed by atoms with Crippen LogP contribution in [0.4, 0.5) is 0 Å². The minimum absolute atomic E-state index is 0.126. The van der Waals surface area contributed by atoms with E-state index >= 15 is 0 Å². The lowest BCUT2D eigenvalue weighted by atomic mass is 10.0. The molecule has 2 heterocycles. The van der Waals surface area contributed by atoms with Crippen LogP contribution in [0.5, 0.6) is 0 Å². The molecule has 1 unspecified atom stereocenters. The van der Waals surface area contributed by atoms with Gasteiger partial charge in [0.1, 0.15) is 6.26 Å². The number of carbonyl (C=O) groups excluding carboxylic acids is 1. The lowest BCUT2D eigenvalue weighted by Gasteiger charge is -2.18. The Labute approximate surface area is 171 Å². The number of nitrogens with one attached hydrogen (secondary N) is 1. The first-order chi connectivity index (χ1) is 13.7. The van der Waals surface area contributed by atoms with Crippen molar-refractivity contribution in [3.8, 4) is 11.5 Å². The van der Waals surface area contributed by atoms with Crippen LogP contribution in [0.3, 0.4) is 0 Å². The lowest BCUT2D eigenvalue weighted by molar-refractivity contribution is -0.121. The van der Waals surface area contributed by atoms with E-state index in [1.54, 1.807) is 11.3 Å². The number of rotatable bonds is 6. The summed E-state index contributed by atoms with van der Waals surface area (Å²) >= 11 is 7.60. The highest BCUT2D eigenvalue weighted by Gasteiger charge is 2.19. The minimum atomic E-state index is -0.239. The SMILES string of the molecule is O=C(Cc1coc(-c2ccccc2)n1)NC(c1ccc(Cl)cc1)c1ccsc1. The number of carbonyl (C=O) groups is 1. The summed E-state index contributed by atoms with van der Waals surface area (Å²) in [6.07, 6.45) is 1.67. The Morgan fingerprint density at radius 3 is 2.57 bits per heavy atom. The highest BCUT2D eigenvalue weighted by molar-refractivity contribution is 7.08. The van der Waals surface area contributed by atoms with Gasteiger partial charge in [-0.15, -0.1) is 0 Å². The van der Waals surface area contributed by atoms with E-state index in [2.05, 4.69) is 10.3 Å².